The quantitative estimate of drug-likeness (QED) is 0.236. The predicted octanol–water partition coefficient (Wildman–Crippen LogP) is 6.08. The molecule has 0 unspecified atom stereocenters. The van der Waals surface area contributed by atoms with Crippen LogP contribution in [0.25, 0.3) is 6.08 Å². The molecule has 0 aliphatic carbocycles. The van der Waals surface area contributed by atoms with Crippen molar-refractivity contribution < 1.29 is 9.53 Å². The Morgan fingerprint density at radius 3 is 1.88 bits per heavy atom. The van der Waals surface area contributed by atoms with Crippen molar-refractivity contribution in [3.8, 4) is 0 Å². The number of imidazole rings is 1. The molecule has 0 saturated carbocycles. The maximum absolute atomic E-state index is 11.6. The SMILES string of the molecule is CCOC(=O)CC/C=C\c1cn(C(c2ccccc2)(c2ccccc2)c2ccccc2)cn1. The van der Waals surface area contributed by atoms with Crippen molar-refractivity contribution in [1.82, 2.24) is 9.55 Å². The standard InChI is InChI=1S/C29H28N2O2/c1-2-33-28(32)21-13-12-20-27-22-31(23-30-27)29(24-14-6-3-7-15-24,25-16-8-4-9-17-25)26-18-10-5-11-19-26/h3-12,14-20,22-23H,2,13,21H2,1H3/b20-12-. The van der Waals surface area contributed by atoms with E-state index in [0.29, 0.717) is 19.4 Å². The van der Waals surface area contributed by atoms with Gasteiger partial charge < -0.3 is 9.30 Å². The highest BCUT2D eigenvalue weighted by molar-refractivity contribution is 5.69. The number of hydrogen-bond acceptors (Lipinski definition) is 3. The Kier molecular flexibility index (Phi) is 7.16. The monoisotopic (exact) mass is 436 g/mol. The number of ether oxygens (including phenoxy) is 1. The number of aromatic nitrogens is 2. The fourth-order valence-corrected chi connectivity index (χ4v) is 4.23. The lowest BCUT2D eigenvalue weighted by atomic mass is 9.77. The number of benzene rings is 3. The van der Waals surface area contributed by atoms with Crippen LogP contribution in [0.5, 0.6) is 0 Å². The molecule has 1 aromatic heterocycles. The van der Waals surface area contributed by atoms with E-state index in [-0.39, 0.29) is 5.97 Å². The molecule has 0 amide bonds. The van der Waals surface area contributed by atoms with Crippen LogP contribution in [-0.4, -0.2) is 22.1 Å². The van der Waals surface area contributed by atoms with Gasteiger partial charge in [-0.2, -0.15) is 0 Å². The summed E-state index contributed by atoms with van der Waals surface area (Å²) in [6.45, 7) is 2.23. The van der Waals surface area contributed by atoms with E-state index < -0.39 is 5.54 Å². The van der Waals surface area contributed by atoms with Crippen molar-refractivity contribution >= 4 is 12.0 Å². The van der Waals surface area contributed by atoms with Gasteiger partial charge in [-0.25, -0.2) is 4.98 Å². The summed E-state index contributed by atoms with van der Waals surface area (Å²) >= 11 is 0. The topological polar surface area (TPSA) is 44.1 Å². The van der Waals surface area contributed by atoms with Crippen LogP contribution in [-0.2, 0) is 15.1 Å². The minimum absolute atomic E-state index is 0.177. The lowest BCUT2D eigenvalue weighted by Gasteiger charge is -2.37. The molecule has 0 spiro atoms. The fourth-order valence-electron chi connectivity index (χ4n) is 4.23. The van der Waals surface area contributed by atoms with Crippen molar-refractivity contribution in [1.29, 1.82) is 0 Å². The van der Waals surface area contributed by atoms with Gasteiger partial charge in [0.1, 0.15) is 5.54 Å². The Morgan fingerprint density at radius 2 is 1.39 bits per heavy atom. The van der Waals surface area contributed by atoms with Gasteiger partial charge in [0.05, 0.1) is 18.6 Å². The lowest BCUT2D eigenvalue weighted by molar-refractivity contribution is -0.142. The number of rotatable bonds is 9. The van der Waals surface area contributed by atoms with E-state index in [9.17, 15) is 4.79 Å². The fraction of sp³-hybridized carbons (Fsp3) is 0.172. The Labute approximate surface area is 195 Å². The van der Waals surface area contributed by atoms with Crippen molar-refractivity contribution in [3.63, 3.8) is 0 Å². The van der Waals surface area contributed by atoms with E-state index in [4.69, 9.17) is 4.74 Å². The first-order valence-electron chi connectivity index (χ1n) is 11.3. The van der Waals surface area contributed by atoms with E-state index in [1.165, 1.54) is 0 Å². The highest BCUT2D eigenvalue weighted by Crippen LogP contribution is 2.40. The third-order valence-electron chi connectivity index (χ3n) is 5.67. The van der Waals surface area contributed by atoms with Gasteiger partial charge in [-0.05, 0) is 36.1 Å². The second-order valence-corrected chi connectivity index (χ2v) is 7.76. The zero-order valence-electron chi connectivity index (χ0n) is 18.8. The molecule has 1 heterocycles. The largest absolute Gasteiger partial charge is 0.466 e. The number of carbonyl (C=O) groups is 1. The van der Waals surface area contributed by atoms with Crippen LogP contribution >= 0.6 is 0 Å². The summed E-state index contributed by atoms with van der Waals surface area (Å²) in [5.74, 6) is -0.177. The molecular weight excluding hydrogens is 408 g/mol. The maximum atomic E-state index is 11.6. The van der Waals surface area contributed by atoms with Gasteiger partial charge in [-0.3, -0.25) is 4.79 Å². The Balaban J connectivity index is 1.78. The first kappa shape index (κ1) is 22.3. The molecule has 0 N–H and O–H groups in total. The minimum atomic E-state index is -0.576. The zero-order valence-corrected chi connectivity index (χ0v) is 18.8. The van der Waals surface area contributed by atoms with Crippen molar-refractivity contribution in [2.24, 2.45) is 0 Å². The minimum Gasteiger partial charge on any atom is -0.466 e. The van der Waals surface area contributed by atoms with Crippen molar-refractivity contribution in [3.05, 3.63) is 132 Å². The normalized spacial score (nSPS) is 11.5. The average molecular weight is 437 g/mol. The van der Waals surface area contributed by atoms with Crippen molar-refractivity contribution in [2.75, 3.05) is 6.61 Å². The van der Waals surface area contributed by atoms with Gasteiger partial charge in [0.15, 0.2) is 0 Å². The Bertz CT molecular complexity index is 1090. The van der Waals surface area contributed by atoms with E-state index in [2.05, 4.69) is 88.5 Å². The second-order valence-electron chi connectivity index (χ2n) is 7.76. The summed E-state index contributed by atoms with van der Waals surface area (Å²) < 4.78 is 7.18. The summed E-state index contributed by atoms with van der Waals surface area (Å²) in [6, 6.07) is 31.5. The molecule has 0 radical (unpaired) electrons. The Morgan fingerprint density at radius 1 is 0.879 bits per heavy atom. The van der Waals surface area contributed by atoms with E-state index in [1.807, 2.05) is 43.6 Å². The number of esters is 1. The summed E-state index contributed by atoms with van der Waals surface area (Å²) in [4.78, 5) is 16.3. The maximum Gasteiger partial charge on any atom is 0.306 e. The molecular formula is C29H28N2O2. The second kappa shape index (κ2) is 10.6. The molecule has 33 heavy (non-hydrogen) atoms. The predicted molar refractivity (Wildman–Crippen MR) is 132 cm³/mol. The van der Waals surface area contributed by atoms with E-state index >= 15 is 0 Å². The van der Waals surface area contributed by atoms with Crippen LogP contribution in [0.3, 0.4) is 0 Å². The number of hydrogen-bond donors (Lipinski definition) is 0. The van der Waals surface area contributed by atoms with E-state index in [0.717, 1.165) is 22.4 Å². The molecule has 0 atom stereocenters. The van der Waals surface area contributed by atoms with Crippen LogP contribution in [0.1, 0.15) is 42.1 Å². The van der Waals surface area contributed by atoms with Crippen LogP contribution in [0.4, 0.5) is 0 Å². The number of carbonyl (C=O) groups excluding carboxylic acids is 1. The average Bonchev–Trinajstić information content (AvgIpc) is 3.34. The van der Waals surface area contributed by atoms with Gasteiger partial charge in [0.25, 0.3) is 0 Å². The van der Waals surface area contributed by atoms with Gasteiger partial charge in [0, 0.05) is 12.6 Å². The zero-order chi connectivity index (χ0) is 22.9. The third-order valence-corrected chi connectivity index (χ3v) is 5.67. The van der Waals surface area contributed by atoms with Gasteiger partial charge in [-0.1, -0.05) is 97.1 Å². The summed E-state index contributed by atoms with van der Waals surface area (Å²) in [7, 11) is 0. The first-order valence-corrected chi connectivity index (χ1v) is 11.3. The van der Waals surface area contributed by atoms with E-state index in [1.54, 1.807) is 0 Å². The molecule has 4 aromatic rings. The lowest BCUT2D eigenvalue weighted by Crippen LogP contribution is -2.36. The summed E-state index contributed by atoms with van der Waals surface area (Å²) in [6.07, 6.45) is 8.87. The smallest absolute Gasteiger partial charge is 0.306 e. The van der Waals surface area contributed by atoms with Crippen LogP contribution in [0, 0.1) is 0 Å². The molecule has 0 aliphatic heterocycles. The molecule has 0 bridgehead atoms. The molecule has 0 aliphatic rings. The molecule has 0 saturated heterocycles. The molecule has 4 nitrogen and oxygen atoms in total. The molecule has 3 aromatic carbocycles. The Hall–Kier alpha value is -3.92. The van der Waals surface area contributed by atoms with Crippen molar-refractivity contribution in [2.45, 2.75) is 25.3 Å². The summed E-state index contributed by atoms with van der Waals surface area (Å²) in [5, 5.41) is 0. The highest BCUT2D eigenvalue weighted by Gasteiger charge is 2.38. The summed E-state index contributed by atoms with van der Waals surface area (Å²) in [5.41, 5.74) is 3.72. The molecule has 0 fully saturated rings. The van der Waals surface area contributed by atoms with Gasteiger partial charge in [-0.15, -0.1) is 0 Å². The van der Waals surface area contributed by atoms with Gasteiger partial charge >= 0.3 is 5.97 Å². The number of allylic oxidation sites excluding steroid dienone is 1. The molecule has 4 rings (SSSR count). The molecule has 4 heteroatoms. The van der Waals surface area contributed by atoms with Crippen LogP contribution in [0.2, 0.25) is 0 Å². The highest BCUT2D eigenvalue weighted by atomic mass is 16.5. The number of nitrogens with zero attached hydrogens (tertiary/aromatic N) is 2. The third kappa shape index (κ3) is 4.80. The molecule has 166 valence electrons. The first-order chi connectivity index (χ1) is 16.2. The van der Waals surface area contributed by atoms with Gasteiger partial charge in [0.2, 0.25) is 0 Å². The van der Waals surface area contributed by atoms with Crippen LogP contribution < -0.4 is 0 Å². The van der Waals surface area contributed by atoms with Crippen LogP contribution in [0.15, 0.2) is 110 Å².